The van der Waals surface area contributed by atoms with Gasteiger partial charge in [-0.1, -0.05) is 20.8 Å². The first-order valence-corrected chi connectivity index (χ1v) is 5.43. The maximum Gasteiger partial charge on any atom is 0.121 e. The van der Waals surface area contributed by atoms with Crippen molar-refractivity contribution in [2.45, 2.75) is 40.2 Å². The van der Waals surface area contributed by atoms with E-state index in [9.17, 15) is 0 Å². The van der Waals surface area contributed by atoms with Crippen LogP contribution in [0.3, 0.4) is 0 Å². The minimum atomic E-state index is 0.369. The number of nitrogens with one attached hydrogen (secondary N) is 1. The van der Waals surface area contributed by atoms with Crippen LogP contribution in [0.25, 0.3) is 0 Å². The van der Waals surface area contributed by atoms with E-state index in [4.69, 9.17) is 4.42 Å². The number of aryl methyl sites for hydroxylation is 1. The standard InChI is InChI=1S/C12H21NO/c1-5-13-11(8-9(2)3)12-7-6-10(4)14-12/h6-7,9,11,13H,5,8H2,1-4H3. The molecule has 0 aromatic carbocycles. The first-order chi connectivity index (χ1) is 6.63. The zero-order valence-electron chi connectivity index (χ0n) is 9.63. The highest BCUT2D eigenvalue weighted by Gasteiger charge is 2.14. The second-order valence-corrected chi connectivity index (χ2v) is 4.19. The fourth-order valence-corrected chi connectivity index (χ4v) is 1.66. The van der Waals surface area contributed by atoms with Gasteiger partial charge in [0.25, 0.3) is 0 Å². The van der Waals surface area contributed by atoms with Gasteiger partial charge >= 0.3 is 0 Å². The topological polar surface area (TPSA) is 25.2 Å². The average molecular weight is 195 g/mol. The first kappa shape index (κ1) is 11.3. The smallest absolute Gasteiger partial charge is 0.121 e. The van der Waals surface area contributed by atoms with Gasteiger partial charge in [0.1, 0.15) is 11.5 Å². The van der Waals surface area contributed by atoms with Crippen molar-refractivity contribution in [2.75, 3.05) is 6.54 Å². The molecule has 1 rings (SSSR count). The van der Waals surface area contributed by atoms with Gasteiger partial charge < -0.3 is 9.73 Å². The normalized spacial score (nSPS) is 13.5. The Morgan fingerprint density at radius 3 is 2.50 bits per heavy atom. The summed E-state index contributed by atoms with van der Waals surface area (Å²) in [5, 5.41) is 3.45. The molecule has 0 amide bonds. The van der Waals surface area contributed by atoms with E-state index in [0.717, 1.165) is 24.5 Å². The molecule has 0 bridgehead atoms. The summed E-state index contributed by atoms with van der Waals surface area (Å²) in [7, 11) is 0. The number of hydrogen-bond donors (Lipinski definition) is 1. The SMILES string of the molecule is CCNC(CC(C)C)c1ccc(C)o1. The van der Waals surface area contributed by atoms with Crippen LogP contribution in [0.1, 0.15) is 44.8 Å². The molecule has 0 aliphatic carbocycles. The summed E-state index contributed by atoms with van der Waals surface area (Å²) in [4.78, 5) is 0. The van der Waals surface area contributed by atoms with Gasteiger partial charge in [0.05, 0.1) is 6.04 Å². The third-order valence-electron chi connectivity index (χ3n) is 2.26. The molecule has 2 nitrogen and oxygen atoms in total. The van der Waals surface area contributed by atoms with Gasteiger partial charge in [0, 0.05) is 0 Å². The lowest BCUT2D eigenvalue weighted by Crippen LogP contribution is -2.21. The molecule has 0 aliphatic heterocycles. The largest absolute Gasteiger partial charge is 0.465 e. The van der Waals surface area contributed by atoms with Crippen LogP contribution in [-0.2, 0) is 0 Å². The lowest BCUT2D eigenvalue weighted by Gasteiger charge is -2.17. The molecular formula is C12H21NO. The van der Waals surface area contributed by atoms with E-state index in [1.54, 1.807) is 0 Å². The van der Waals surface area contributed by atoms with E-state index in [1.807, 2.05) is 13.0 Å². The predicted octanol–water partition coefficient (Wildman–Crippen LogP) is 3.28. The molecule has 0 saturated carbocycles. The molecule has 80 valence electrons. The molecule has 14 heavy (non-hydrogen) atoms. The van der Waals surface area contributed by atoms with Gasteiger partial charge in [-0.15, -0.1) is 0 Å². The van der Waals surface area contributed by atoms with Gasteiger partial charge in [-0.05, 0) is 37.9 Å². The molecule has 0 saturated heterocycles. The second kappa shape index (κ2) is 5.20. The maximum absolute atomic E-state index is 5.64. The van der Waals surface area contributed by atoms with Crippen LogP contribution in [0.15, 0.2) is 16.5 Å². The third-order valence-corrected chi connectivity index (χ3v) is 2.26. The minimum Gasteiger partial charge on any atom is -0.465 e. The predicted molar refractivity (Wildman–Crippen MR) is 59.3 cm³/mol. The quantitative estimate of drug-likeness (QED) is 0.780. The molecule has 0 fully saturated rings. The van der Waals surface area contributed by atoms with Crippen LogP contribution >= 0.6 is 0 Å². The van der Waals surface area contributed by atoms with Crippen molar-refractivity contribution >= 4 is 0 Å². The highest BCUT2D eigenvalue weighted by Crippen LogP contribution is 2.22. The summed E-state index contributed by atoms with van der Waals surface area (Å²) in [5.41, 5.74) is 0. The van der Waals surface area contributed by atoms with Crippen LogP contribution in [0.5, 0.6) is 0 Å². The Hall–Kier alpha value is -0.760. The van der Waals surface area contributed by atoms with Gasteiger partial charge in [-0.3, -0.25) is 0 Å². The Morgan fingerprint density at radius 2 is 2.07 bits per heavy atom. The van der Waals surface area contributed by atoms with Crippen molar-refractivity contribution in [3.8, 4) is 0 Å². The maximum atomic E-state index is 5.64. The van der Waals surface area contributed by atoms with Crippen molar-refractivity contribution in [3.05, 3.63) is 23.7 Å². The molecule has 2 heteroatoms. The van der Waals surface area contributed by atoms with Crippen molar-refractivity contribution in [3.63, 3.8) is 0 Å². The zero-order valence-corrected chi connectivity index (χ0v) is 9.63. The monoisotopic (exact) mass is 195 g/mol. The lowest BCUT2D eigenvalue weighted by atomic mass is 10.0. The van der Waals surface area contributed by atoms with Gasteiger partial charge in [-0.2, -0.15) is 0 Å². The first-order valence-electron chi connectivity index (χ1n) is 5.43. The van der Waals surface area contributed by atoms with Crippen LogP contribution in [-0.4, -0.2) is 6.54 Å². The van der Waals surface area contributed by atoms with Gasteiger partial charge in [0.15, 0.2) is 0 Å². The Kier molecular flexibility index (Phi) is 4.21. The van der Waals surface area contributed by atoms with E-state index >= 15 is 0 Å². The molecule has 1 aromatic rings. The Bertz CT molecular complexity index is 265. The fraction of sp³-hybridized carbons (Fsp3) is 0.667. The minimum absolute atomic E-state index is 0.369. The Labute approximate surface area is 86.7 Å². The molecule has 1 atom stereocenters. The van der Waals surface area contributed by atoms with Gasteiger partial charge in [0.2, 0.25) is 0 Å². The number of rotatable bonds is 5. The summed E-state index contributed by atoms with van der Waals surface area (Å²) < 4.78 is 5.64. The van der Waals surface area contributed by atoms with E-state index in [2.05, 4.69) is 32.2 Å². The van der Waals surface area contributed by atoms with Crippen LogP contribution in [0.4, 0.5) is 0 Å². The van der Waals surface area contributed by atoms with Gasteiger partial charge in [-0.25, -0.2) is 0 Å². The molecule has 1 aromatic heterocycles. The fourth-order valence-electron chi connectivity index (χ4n) is 1.66. The van der Waals surface area contributed by atoms with E-state index < -0.39 is 0 Å². The van der Waals surface area contributed by atoms with Crippen LogP contribution in [0.2, 0.25) is 0 Å². The van der Waals surface area contributed by atoms with Crippen molar-refractivity contribution in [1.29, 1.82) is 0 Å². The number of hydrogen-bond acceptors (Lipinski definition) is 2. The van der Waals surface area contributed by atoms with Crippen LogP contribution < -0.4 is 5.32 Å². The van der Waals surface area contributed by atoms with Crippen LogP contribution in [0, 0.1) is 12.8 Å². The van der Waals surface area contributed by atoms with E-state index in [-0.39, 0.29) is 0 Å². The average Bonchev–Trinajstić information content (AvgIpc) is 2.50. The zero-order chi connectivity index (χ0) is 10.6. The lowest BCUT2D eigenvalue weighted by molar-refractivity contribution is 0.359. The molecule has 0 spiro atoms. The molecule has 1 heterocycles. The Balaban J connectivity index is 2.66. The second-order valence-electron chi connectivity index (χ2n) is 4.19. The van der Waals surface area contributed by atoms with Crippen molar-refractivity contribution < 1.29 is 4.42 Å². The summed E-state index contributed by atoms with van der Waals surface area (Å²) >= 11 is 0. The summed E-state index contributed by atoms with van der Waals surface area (Å²) in [6.07, 6.45) is 1.13. The summed E-state index contributed by atoms with van der Waals surface area (Å²) in [5.74, 6) is 2.74. The third kappa shape index (κ3) is 3.18. The summed E-state index contributed by atoms with van der Waals surface area (Å²) in [6, 6.07) is 4.47. The molecular weight excluding hydrogens is 174 g/mol. The summed E-state index contributed by atoms with van der Waals surface area (Å²) in [6.45, 7) is 9.57. The highest BCUT2D eigenvalue weighted by molar-refractivity contribution is 5.09. The molecule has 0 aliphatic rings. The van der Waals surface area contributed by atoms with Crippen molar-refractivity contribution in [2.24, 2.45) is 5.92 Å². The van der Waals surface area contributed by atoms with Crippen molar-refractivity contribution in [1.82, 2.24) is 5.32 Å². The number of furan rings is 1. The molecule has 1 N–H and O–H groups in total. The molecule has 0 radical (unpaired) electrons. The Morgan fingerprint density at radius 1 is 1.36 bits per heavy atom. The van der Waals surface area contributed by atoms with E-state index in [0.29, 0.717) is 12.0 Å². The molecule has 1 unspecified atom stereocenters. The van der Waals surface area contributed by atoms with E-state index in [1.165, 1.54) is 0 Å². The highest BCUT2D eigenvalue weighted by atomic mass is 16.3.